The number of fused-ring (bicyclic) bond motifs is 1. The maximum absolute atomic E-state index is 13.9. The summed E-state index contributed by atoms with van der Waals surface area (Å²) in [5, 5.41) is 17.7. The molecule has 1 heterocycles. The molecule has 0 bridgehead atoms. The molecule has 0 aliphatic carbocycles. The van der Waals surface area contributed by atoms with Crippen molar-refractivity contribution >= 4 is 20.7 Å². The fourth-order valence-corrected chi connectivity index (χ4v) is 4.00. The zero-order valence-electron chi connectivity index (χ0n) is 13.7. The van der Waals surface area contributed by atoms with E-state index in [1.807, 2.05) is 6.07 Å². The number of hydrogen-bond donors (Lipinski definition) is 2. The Balaban J connectivity index is 2.37. The zero-order valence-corrected chi connectivity index (χ0v) is 14.5. The van der Waals surface area contributed by atoms with E-state index in [-0.39, 0.29) is 32.6 Å². The van der Waals surface area contributed by atoms with Crippen LogP contribution in [0.4, 0.5) is 8.78 Å². The highest BCUT2D eigenvalue weighted by atomic mass is 32.2. The third-order valence-corrected chi connectivity index (χ3v) is 5.69. The molecule has 2 aromatic carbocycles. The molecule has 0 radical (unpaired) electrons. The first-order chi connectivity index (χ1) is 12.8. The molecule has 0 amide bonds. The van der Waals surface area contributed by atoms with Crippen LogP contribution in [0.1, 0.15) is 5.56 Å². The number of aromatic nitrogens is 1. The minimum absolute atomic E-state index is 0.00818. The van der Waals surface area contributed by atoms with Gasteiger partial charge in [-0.2, -0.15) is 5.26 Å². The summed E-state index contributed by atoms with van der Waals surface area (Å²) in [5.41, 5.74) is -0.830. The van der Waals surface area contributed by atoms with Gasteiger partial charge >= 0.3 is 0 Å². The molecule has 0 atom stereocenters. The van der Waals surface area contributed by atoms with Crippen LogP contribution in [0.2, 0.25) is 0 Å². The van der Waals surface area contributed by atoms with Gasteiger partial charge in [-0.05, 0) is 24.3 Å². The highest BCUT2D eigenvalue weighted by molar-refractivity contribution is 7.91. The number of sulfone groups is 1. The summed E-state index contributed by atoms with van der Waals surface area (Å²) < 4.78 is 52.3. The van der Waals surface area contributed by atoms with E-state index < -0.39 is 39.3 Å². The SMILES string of the molecule is N#Cc1ccc(S(=O)(=O)CCO)c(-c2cc(=O)c3c(F)cc(F)cc3[nH]2)c1. The number of aliphatic hydroxyl groups excluding tert-OH is 1. The lowest BCUT2D eigenvalue weighted by molar-refractivity contribution is 0.319. The van der Waals surface area contributed by atoms with E-state index in [9.17, 15) is 22.0 Å². The Kier molecular flexibility index (Phi) is 4.78. The van der Waals surface area contributed by atoms with Gasteiger partial charge in [0.1, 0.15) is 11.6 Å². The molecule has 0 saturated heterocycles. The molecule has 27 heavy (non-hydrogen) atoms. The van der Waals surface area contributed by atoms with Crippen LogP contribution in [-0.2, 0) is 9.84 Å². The topological polar surface area (TPSA) is 111 Å². The number of halogens is 2. The minimum Gasteiger partial charge on any atom is -0.395 e. The number of aromatic amines is 1. The number of nitrogens with one attached hydrogen (secondary N) is 1. The molecule has 0 aliphatic rings. The summed E-state index contributed by atoms with van der Waals surface area (Å²) in [4.78, 5) is 14.7. The van der Waals surface area contributed by atoms with Gasteiger partial charge in [-0.25, -0.2) is 17.2 Å². The highest BCUT2D eigenvalue weighted by Crippen LogP contribution is 2.29. The highest BCUT2D eigenvalue weighted by Gasteiger charge is 2.21. The van der Waals surface area contributed by atoms with Gasteiger partial charge in [0.05, 0.1) is 45.5 Å². The molecule has 3 aromatic rings. The average Bonchev–Trinajstić information content (AvgIpc) is 2.60. The van der Waals surface area contributed by atoms with Crippen LogP contribution in [0, 0.1) is 23.0 Å². The maximum atomic E-state index is 13.9. The normalized spacial score (nSPS) is 11.5. The number of nitriles is 1. The quantitative estimate of drug-likeness (QED) is 0.709. The van der Waals surface area contributed by atoms with Gasteiger partial charge in [-0.1, -0.05) is 0 Å². The molecule has 2 N–H and O–H groups in total. The van der Waals surface area contributed by atoms with Crippen LogP contribution < -0.4 is 5.43 Å². The van der Waals surface area contributed by atoms with E-state index in [2.05, 4.69) is 4.98 Å². The molecular weight excluding hydrogens is 378 g/mol. The van der Waals surface area contributed by atoms with Crippen molar-refractivity contribution in [2.24, 2.45) is 0 Å². The van der Waals surface area contributed by atoms with Crippen molar-refractivity contribution in [3.63, 3.8) is 0 Å². The second-order valence-corrected chi connectivity index (χ2v) is 7.80. The summed E-state index contributed by atoms with van der Waals surface area (Å²) in [5.74, 6) is -2.52. The van der Waals surface area contributed by atoms with Crippen molar-refractivity contribution in [1.82, 2.24) is 4.98 Å². The van der Waals surface area contributed by atoms with Gasteiger partial charge < -0.3 is 10.1 Å². The Morgan fingerprint density at radius 2 is 1.89 bits per heavy atom. The maximum Gasteiger partial charge on any atom is 0.192 e. The average molecular weight is 390 g/mol. The summed E-state index contributed by atoms with van der Waals surface area (Å²) in [6.45, 7) is -0.619. The number of rotatable bonds is 4. The first-order valence-corrected chi connectivity index (χ1v) is 9.32. The second-order valence-electron chi connectivity index (χ2n) is 5.72. The molecule has 0 spiro atoms. The molecule has 0 fully saturated rings. The second kappa shape index (κ2) is 6.90. The molecule has 0 saturated carbocycles. The molecule has 6 nitrogen and oxygen atoms in total. The Hall–Kier alpha value is -3.09. The van der Waals surface area contributed by atoms with Crippen LogP contribution in [0.15, 0.2) is 46.1 Å². The smallest absolute Gasteiger partial charge is 0.192 e. The molecule has 0 aliphatic heterocycles. The van der Waals surface area contributed by atoms with Gasteiger partial charge in [0.25, 0.3) is 0 Å². The Bertz CT molecular complexity index is 1260. The minimum atomic E-state index is -3.93. The van der Waals surface area contributed by atoms with E-state index in [1.165, 1.54) is 18.2 Å². The van der Waals surface area contributed by atoms with E-state index in [1.54, 1.807) is 0 Å². The van der Waals surface area contributed by atoms with Crippen molar-refractivity contribution in [2.75, 3.05) is 12.4 Å². The standard InChI is InChI=1S/C18H12F2N2O4S/c19-11-6-13(20)18-15(7-11)22-14(8-16(18)24)12-5-10(9-21)1-2-17(12)27(25,26)4-3-23/h1-2,5-8,23H,3-4H2,(H,22,24). The summed E-state index contributed by atoms with van der Waals surface area (Å²) in [6, 6.07) is 8.05. The first kappa shape index (κ1) is 18.7. The fraction of sp³-hybridized carbons (Fsp3) is 0.111. The van der Waals surface area contributed by atoms with Gasteiger partial charge in [0, 0.05) is 17.7 Å². The Morgan fingerprint density at radius 3 is 2.56 bits per heavy atom. The van der Waals surface area contributed by atoms with Crippen molar-refractivity contribution in [3.8, 4) is 17.3 Å². The summed E-state index contributed by atoms with van der Waals surface area (Å²) in [7, 11) is -3.93. The van der Waals surface area contributed by atoms with E-state index in [0.29, 0.717) is 6.07 Å². The van der Waals surface area contributed by atoms with Crippen LogP contribution in [0.3, 0.4) is 0 Å². The fourth-order valence-electron chi connectivity index (χ4n) is 2.76. The molecular formula is C18H12F2N2O4S. The number of nitrogens with zero attached hydrogens (tertiary/aromatic N) is 1. The van der Waals surface area contributed by atoms with Gasteiger partial charge in [0.2, 0.25) is 0 Å². The van der Waals surface area contributed by atoms with Crippen LogP contribution in [0.5, 0.6) is 0 Å². The Labute approximate surface area is 152 Å². The number of pyridine rings is 1. The first-order valence-electron chi connectivity index (χ1n) is 7.67. The van der Waals surface area contributed by atoms with E-state index in [4.69, 9.17) is 10.4 Å². The number of aliphatic hydroxyl groups is 1. The van der Waals surface area contributed by atoms with Crippen molar-refractivity contribution in [2.45, 2.75) is 4.90 Å². The Morgan fingerprint density at radius 1 is 1.15 bits per heavy atom. The molecule has 1 aromatic heterocycles. The monoisotopic (exact) mass is 390 g/mol. The summed E-state index contributed by atoms with van der Waals surface area (Å²) in [6.07, 6.45) is 0. The number of H-pyrrole nitrogens is 1. The predicted octanol–water partition coefficient (Wildman–Crippen LogP) is 2.11. The lowest BCUT2D eigenvalue weighted by Crippen LogP contribution is -2.13. The van der Waals surface area contributed by atoms with Gasteiger partial charge in [-0.3, -0.25) is 4.79 Å². The lowest BCUT2D eigenvalue weighted by atomic mass is 10.1. The van der Waals surface area contributed by atoms with Gasteiger partial charge in [-0.15, -0.1) is 0 Å². The van der Waals surface area contributed by atoms with Crippen molar-refractivity contribution in [1.29, 1.82) is 5.26 Å². The largest absolute Gasteiger partial charge is 0.395 e. The summed E-state index contributed by atoms with van der Waals surface area (Å²) >= 11 is 0. The van der Waals surface area contributed by atoms with Gasteiger partial charge in [0.15, 0.2) is 15.3 Å². The third kappa shape index (κ3) is 3.45. The van der Waals surface area contributed by atoms with E-state index >= 15 is 0 Å². The number of benzene rings is 2. The third-order valence-electron chi connectivity index (χ3n) is 3.94. The van der Waals surface area contributed by atoms with Crippen LogP contribution >= 0.6 is 0 Å². The molecule has 138 valence electrons. The molecule has 9 heteroatoms. The molecule has 3 rings (SSSR count). The predicted molar refractivity (Wildman–Crippen MR) is 93.8 cm³/mol. The molecule has 0 unspecified atom stereocenters. The lowest BCUT2D eigenvalue weighted by Gasteiger charge is -2.12. The van der Waals surface area contributed by atoms with Crippen molar-refractivity contribution < 1.29 is 22.3 Å². The van der Waals surface area contributed by atoms with Crippen LogP contribution in [0.25, 0.3) is 22.2 Å². The van der Waals surface area contributed by atoms with E-state index in [0.717, 1.165) is 12.1 Å². The van der Waals surface area contributed by atoms with Crippen molar-refractivity contribution in [3.05, 3.63) is 63.8 Å². The zero-order chi connectivity index (χ0) is 19.8. The number of hydrogen-bond acceptors (Lipinski definition) is 5. The van der Waals surface area contributed by atoms with Crippen LogP contribution in [-0.4, -0.2) is 30.9 Å².